The van der Waals surface area contributed by atoms with Gasteiger partial charge in [-0.2, -0.15) is 0 Å². The normalized spacial score (nSPS) is 13.7. The smallest absolute Gasteiger partial charge is 0.155 e. The van der Waals surface area contributed by atoms with Crippen molar-refractivity contribution in [1.29, 1.82) is 0 Å². The topological polar surface area (TPSA) is 38.3 Å². The van der Waals surface area contributed by atoms with E-state index in [1.165, 1.54) is 0 Å². The predicted octanol–water partition coefficient (Wildman–Crippen LogP) is 4.39. The average molecular weight is 319 g/mol. The molecule has 3 nitrogen and oxygen atoms in total. The second-order valence-corrected chi connectivity index (χ2v) is 8.26. The van der Waals surface area contributed by atoms with E-state index in [4.69, 9.17) is 4.74 Å². The Morgan fingerprint density at radius 3 is 2.09 bits per heavy atom. The van der Waals surface area contributed by atoms with Crippen LogP contribution in [0.15, 0.2) is 24.3 Å². The van der Waals surface area contributed by atoms with E-state index in [-0.39, 0.29) is 22.8 Å². The maximum Gasteiger partial charge on any atom is 0.155 e. The van der Waals surface area contributed by atoms with Crippen LogP contribution in [0.1, 0.15) is 60.5 Å². The van der Waals surface area contributed by atoms with Gasteiger partial charge in [-0.3, -0.25) is 4.79 Å². The first-order valence-corrected chi connectivity index (χ1v) is 8.56. The molecule has 23 heavy (non-hydrogen) atoms. The molecule has 130 valence electrons. The van der Waals surface area contributed by atoms with Gasteiger partial charge in [0.25, 0.3) is 0 Å². The highest BCUT2D eigenvalue weighted by Crippen LogP contribution is 2.21. The van der Waals surface area contributed by atoms with E-state index in [0.29, 0.717) is 6.42 Å². The van der Waals surface area contributed by atoms with Gasteiger partial charge in [-0.1, -0.05) is 39.8 Å². The van der Waals surface area contributed by atoms with Gasteiger partial charge in [-0.15, -0.1) is 0 Å². The van der Waals surface area contributed by atoms with Crippen LogP contribution in [0.3, 0.4) is 0 Å². The minimum Gasteiger partial charge on any atom is -0.494 e. The zero-order valence-corrected chi connectivity index (χ0v) is 15.8. The lowest BCUT2D eigenvalue weighted by Crippen LogP contribution is -2.51. The van der Waals surface area contributed by atoms with Gasteiger partial charge in [-0.05, 0) is 51.3 Å². The Bertz CT molecular complexity index is 492. The van der Waals surface area contributed by atoms with Gasteiger partial charge in [0.15, 0.2) is 5.78 Å². The fourth-order valence-electron chi connectivity index (χ4n) is 2.43. The molecule has 0 bridgehead atoms. The van der Waals surface area contributed by atoms with Crippen LogP contribution in [0.4, 0.5) is 0 Å². The van der Waals surface area contributed by atoms with Crippen molar-refractivity contribution in [2.24, 2.45) is 5.41 Å². The summed E-state index contributed by atoms with van der Waals surface area (Å²) in [6.07, 6.45) is 1.70. The Morgan fingerprint density at radius 2 is 1.65 bits per heavy atom. The van der Waals surface area contributed by atoms with Crippen LogP contribution < -0.4 is 10.1 Å². The van der Waals surface area contributed by atoms with Crippen molar-refractivity contribution >= 4 is 5.78 Å². The molecule has 0 radical (unpaired) electrons. The summed E-state index contributed by atoms with van der Waals surface area (Å²) in [6, 6.07) is 7.90. The van der Waals surface area contributed by atoms with Crippen LogP contribution in [0.5, 0.6) is 5.75 Å². The lowest BCUT2D eigenvalue weighted by molar-refractivity contribution is -0.128. The Kier molecular flexibility index (Phi) is 6.82. The fourth-order valence-corrected chi connectivity index (χ4v) is 2.43. The number of nitrogens with one attached hydrogen (secondary N) is 1. The summed E-state index contributed by atoms with van der Waals surface area (Å²) >= 11 is 0. The lowest BCUT2D eigenvalue weighted by Gasteiger charge is -2.32. The molecule has 1 aromatic rings. The predicted molar refractivity (Wildman–Crippen MR) is 97.1 cm³/mol. The minimum absolute atomic E-state index is 0.101. The Morgan fingerprint density at radius 1 is 1.09 bits per heavy atom. The number of benzene rings is 1. The molecule has 3 heteroatoms. The van der Waals surface area contributed by atoms with Crippen LogP contribution in [-0.4, -0.2) is 24.0 Å². The number of hydrogen-bond acceptors (Lipinski definition) is 3. The molecular formula is C20H33NO2. The van der Waals surface area contributed by atoms with Crippen molar-refractivity contribution < 1.29 is 9.53 Å². The molecule has 0 saturated carbocycles. The third kappa shape index (κ3) is 7.17. The third-order valence-electron chi connectivity index (χ3n) is 3.50. The molecule has 1 atom stereocenters. The molecule has 1 aromatic carbocycles. The van der Waals surface area contributed by atoms with Crippen molar-refractivity contribution in [1.82, 2.24) is 5.32 Å². The zero-order valence-electron chi connectivity index (χ0n) is 15.8. The maximum atomic E-state index is 12.8. The number of hydrogen-bond donors (Lipinski definition) is 1. The van der Waals surface area contributed by atoms with Crippen LogP contribution in [0.2, 0.25) is 0 Å². The van der Waals surface area contributed by atoms with E-state index in [9.17, 15) is 4.79 Å². The van der Waals surface area contributed by atoms with Crippen LogP contribution in [0.25, 0.3) is 0 Å². The van der Waals surface area contributed by atoms with E-state index in [1.54, 1.807) is 0 Å². The standard InChI is InChI=1S/C20H33NO2/c1-8-13-23-16-11-9-15(10-12-16)14-17(21-20(5,6)7)18(22)19(2,3)4/h9-12,17,21H,8,13-14H2,1-7H3. The van der Waals surface area contributed by atoms with E-state index in [2.05, 4.69) is 45.1 Å². The largest absolute Gasteiger partial charge is 0.494 e. The summed E-state index contributed by atoms with van der Waals surface area (Å²) in [6.45, 7) is 15.1. The summed E-state index contributed by atoms with van der Waals surface area (Å²) in [5, 5.41) is 3.48. The summed E-state index contributed by atoms with van der Waals surface area (Å²) in [5.74, 6) is 1.14. The molecular weight excluding hydrogens is 286 g/mol. The first kappa shape index (κ1) is 19.7. The number of carbonyl (C=O) groups is 1. The van der Waals surface area contributed by atoms with E-state index in [1.807, 2.05) is 32.9 Å². The first-order chi connectivity index (χ1) is 10.5. The van der Waals surface area contributed by atoms with Gasteiger partial charge in [0.05, 0.1) is 12.6 Å². The first-order valence-electron chi connectivity index (χ1n) is 8.56. The Labute approximate surface area is 141 Å². The highest BCUT2D eigenvalue weighted by molar-refractivity contribution is 5.89. The van der Waals surface area contributed by atoms with Crippen LogP contribution in [0, 0.1) is 5.41 Å². The average Bonchev–Trinajstić information content (AvgIpc) is 2.42. The Hall–Kier alpha value is -1.35. The molecule has 0 aliphatic heterocycles. The molecule has 0 aliphatic carbocycles. The summed E-state index contributed by atoms with van der Waals surface area (Å²) < 4.78 is 5.61. The minimum atomic E-state index is -0.354. The summed E-state index contributed by atoms with van der Waals surface area (Å²) in [4.78, 5) is 12.8. The van der Waals surface area contributed by atoms with Gasteiger partial charge >= 0.3 is 0 Å². The fraction of sp³-hybridized carbons (Fsp3) is 0.650. The molecule has 0 aromatic heterocycles. The third-order valence-corrected chi connectivity index (χ3v) is 3.50. The highest BCUT2D eigenvalue weighted by atomic mass is 16.5. The number of carbonyl (C=O) groups excluding carboxylic acids is 1. The van der Waals surface area contributed by atoms with Gasteiger partial charge in [-0.25, -0.2) is 0 Å². The summed E-state index contributed by atoms with van der Waals surface area (Å²) in [5.41, 5.74) is 0.691. The van der Waals surface area contributed by atoms with E-state index in [0.717, 1.165) is 24.3 Å². The quantitative estimate of drug-likeness (QED) is 0.810. The number of Topliss-reactive ketones (excluding diaryl/α,β-unsaturated/α-hetero) is 1. The molecule has 0 heterocycles. The highest BCUT2D eigenvalue weighted by Gasteiger charge is 2.31. The van der Waals surface area contributed by atoms with Gasteiger partial charge in [0.2, 0.25) is 0 Å². The van der Waals surface area contributed by atoms with Crippen molar-refractivity contribution in [2.45, 2.75) is 72.9 Å². The van der Waals surface area contributed by atoms with Gasteiger partial charge < -0.3 is 10.1 Å². The van der Waals surface area contributed by atoms with E-state index < -0.39 is 0 Å². The second-order valence-electron chi connectivity index (χ2n) is 8.26. The van der Waals surface area contributed by atoms with Gasteiger partial charge in [0, 0.05) is 11.0 Å². The SMILES string of the molecule is CCCOc1ccc(CC(NC(C)(C)C)C(=O)C(C)(C)C)cc1. The van der Waals surface area contributed by atoms with Crippen molar-refractivity contribution in [2.75, 3.05) is 6.61 Å². The molecule has 1 rings (SSSR count). The summed E-state index contributed by atoms with van der Waals surface area (Å²) in [7, 11) is 0. The molecule has 1 N–H and O–H groups in total. The number of ether oxygens (including phenoxy) is 1. The van der Waals surface area contributed by atoms with E-state index >= 15 is 0 Å². The monoisotopic (exact) mass is 319 g/mol. The van der Waals surface area contributed by atoms with Crippen molar-refractivity contribution in [3.8, 4) is 5.75 Å². The van der Waals surface area contributed by atoms with Crippen molar-refractivity contribution in [3.63, 3.8) is 0 Å². The maximum absolute atomic E-state index is 12.8. The number of ketones is 1. The molecule has 0 fully saturated rings. The molecule has 0 amide bonds. The zero-order chi connectivity index (χ0) is 17.7. The van der Waals surface area contributed by atoms with Crippen LogP contribution in [-0.2, 0) is 11.2 Å². The van der Waals surface area contributed by atoms with Gasteiger partial charge in [0.1, 0.15) is 5.75 Å². The molecule has 0 spiro atoms. The molecule has 1 unspecified atom stereocenters. The number of rotatable bonds is 7. The Balaban J connectivity index is 2.86. The van der Waals surface area contributed by atoms with Crippen LogP contribution >= 0.6 is 0 Å². The lowest BCUT2D eigenvalue weighted by atomic mass is 9.83. The molecule has 0 saturated heterocycles. The van der Waals surface area contributed by atoms with Crippen molar-refractivity contribution in [3.05, 3.63) is 29.8 Å². The molecule has 0 aliphatic rings. The second kappa shape index (κ2) is 7.96.